The Morgan fingerprint density at radius 1 is 0.848 bits per heavy atom. The Bertz CT molecular complexity index is 1410. The lowest BCUT2D eigenvalue weighted by Crippen LogP contribution is -2.29. The molecule has 0 fully saturated rings. The topological polar surface area (TPSA) is 65.3 Å². The van der Waals surface area contributed by atoms with Crippen molar-refractivity contribution >= 4 is 44.8 Å². The Labute approximate surface area is 192 Å². The van der Waals surface area contributed by atoms with Crippen LogP contribution in [0.2, 0.25) is 0 Å². The van der Waals surface area contributed by atoms with E-state index in [2.05, 4.69) is 38.8 Å². The zero-order chi connectivity index (χ0) is 22.9. The summed E-state index contributed by atoms with van der Waals surface area (Å²) < 4.78 is 10.3. The van der Waals surface area contributed by atoms with E-state index in [0.717, 1.165) is 51.5 Å². The van der Waals surface area contributed by atoms with Crippen molar-refractivity contribution in [1.29, 1.82) is 0 Å². The van der Waals surface area contributed by atoms with Gasteiger partial charge in [-0.25, -0.2) is 0 Å². The van der Waals surface area contributed by atoms with Crippen molar-refractivity contribution in [2.45, 2.75) is 33.4 Å². The third kappa shape index (κ3) is 3.87. The molecule has 2 amide bonds. The Hall–Kier alpha value is -3.64. The molecule has 0 saturated heterocycles. The molecule has 33 heavy (non-hydrogen) atoms. The van der Waals surface area contributed by atoms with Crippen molar-refractivity contribution in [3.05, 3.63) is 72.1 Å². The van der Waals surface area contributed by atoms with Gasteiger partial charge in [0.05, 0.1) is 12.2 Å². The summed E-state index contributed by atoms with van der Waals surface area (Å²) >= 11 is 0. The highest BCUT2D eigenvalue weighted by Gasteiger charge is 2.24. The fourth-order valence-electron chi connectivity index (χ4n) is 4.82. The first-order chi connectivity index (χ1) is 16.0. The van der Waals surface area contributed by atoms with Crippen molar-refractivity contribution in [3.8, 4) is 0 Å². The number of amides is 2. The molecule has 3 heterocycles. The smallest absolute Gasteiger partial charge is 0.258 e. The van der Waals surface area contributed by atoms with Crippen LogP contribution in [0.1, 0.15) is 31.4 Å². The number of carbonyl (C=O) groups is 2. The number of ether oxygens (including phenoxy) is 1. The van der Waals surface area contributed by atoms with Crippen LogP contribution >= 0.6 is 0 Å². The van der Waals surface area contributed by atoms with Gasteiger partial charge < -0.3 is 13.9 Å². The van der Waals surface area contributed by atoms with E-state index in [1.165, 1.54) is 6.92 Å². The number of fused-ring (bicyclic) bond motifs is 10. The maximum Gasteiger partial charge on any atom is 0.258 e. The number of benzene rings is 2. The van der Waals surface area contributed by atoms with E-state index in [-0.39, 0.29) is 11.8 Å². The third-order valence-electron chi connectivity index (χ3n) is 6.31. The molecule has 4 aromatic rings. The number of rotatable bonds is 1. The molecular weight excluding hydrogens is 414 g/mol. The van der Waals surface area contributed by atoms with Crippen molar-refractivity contribution in [1.82, 2.24) is 14.5 Å². The van der Waals surface area contributed by atoms with E-state index >= 15 is 0 Å². The predicted octanol–water partition coefficient (Wildman–Crippen LogP) is 4.61. The molecule has 1 aliphatic heterocycles. The number of hydrogen-bond acceptors (Lipinski definition) is 3. The van der Waals surface area contributed by atoms with Gasteiger partial charge in [0.1, 0.15) is 0 Å². The van der Waals surface area contributed by atoms with Crippen molar-refractivity contribution in [3.63, 3.8) is 0 Å². The van der Waals surface area contributed by atoms with E-state index in [9.17, 15) is 9.59 Å². The maximum atomic E-state index is 13.4. The first kappa shape index (κ1) is 21.2. The quantitative estimate of drug-likeness (QED) is 0.469. The summed E-state index contributed by atoms with van der Waals surface area (Å²) in [6.45, 7) is 6.14. The third-order valence-corrected chi connectivity index (χ3v) is 6.31. The minimum absolute atomic E-state index is 0.376. The van der Waals surface area contributed by atoms with Gasteiger partial charge in [0.2, 0.25) is 5.91 Å². The van der Waals surface area contributed by atoms with Crippen molar-refractivity contribution < 1.29 is 14.3 Å². The molecule has 4 bridgehead atoms. The molecule has 0 spiro atoms. The van der Waals surface area contributed by atoms with Gasteiger partial charge in [0, 0.05) is 71.9 Å². The second kappa shape index (κ2) is 8.71. The second-order valence-electron chi connectivity index (χ2n) is 8.48. The molecule has 168 valence electrons. The summed E-state index contributed by atoms with van der Waals surface area (Å²) in [7, 11) is 0. The molecule has 0 atom stereocenters. The summed E-state index contributed by atoms with van der Waals surface area (Å²) in [5.41, 5.74) is 5.33. The van der Waals surface area contributed by atoms with Gasteiger partial charge in [-0.1, -0.05) is 36.4 Å². The zero-order valence-electron chi connectivity index (χ0n) is 18.9. The minimum Gasteiger partial charge on any atom is -0.380 e. The Morgan fingerprint density at radius 3 is 2.15 bits per heavy atom. The minimum atomic E-state index is -0.386. The van der Waals surface area contributed by atoms with Crippen LogP contribution in [-0.2, 0) is 27.4 Å². The van der Waals surface area contributed by atoms with Crippen LogP contribution in [0.4, 0.5) is 0 Å². The van der Waals surface area contributed by atoms with Gasteiger partial charge >= 0.3 is 0 Å². The first-order valence-corrected chi connectivity index (χ1v) is 11.3. The predicted molar refractivity (Wildman–Crippen MR) is 131 cm³/mol. The number of hydrogen-bond donors (Lipinski definition) is 1. The molecule has 5 rings (SSSR count). The monoisotopic (exact) mass is 441 g/mol. The highest BCUT2D eigenvalue weighted by molar-refractivity contribution is 6.32. The summed E-state index contributed by atoms with van der Waals surface area (Å²) in [5, 5.41) is 4.57. The summed E-state index contributed by atoms with van der Waals surface area (Å²) in [5.74, 6) is -0.762. The standard InChI is InChI=1S/C27H27N3O3/c1-18-22-16-29(24-10-5-3-8-20(22)24)12-7-14-33-15-13-30-17-23(21-9-4-6-11-25(21)30)26(18)27(32)28-19(2)31/h3-6,8-11,16-17H,7,12-15H2,1-2H3,(H,28,31,32)/b26-18+. The van der Waals surface area contributed by atoms with Crippen LogP contribution in [0.5, 0.6) is 0 Å². The average molecular weight is 442 g/mol. The molecule has 2 aromatic heterocycles. The van der Waals surface area contributed by atoms with Crippen molar-refractivity contribution in [2.24, 2.45) is 0 Å². The Balaban J connectivity index is 1.83. The van der Waals surface area contributed by atoms with E-state index < -0.39 is 0 Å². The summed E-state index contributed by atoms with van der Waals surface area (Å²) in [6.07, 6.45) is 5.03. The molecule has 2 aromatic carbocycles. The Morgan fingerprint density at radius 2 is 1.45 bits per heavy atom. The van der Waals surface area contributed by atoms with Crippen LogP contribution in [-0.4, -0.2) is 34.2 Å². The van der Waals surface area contributed by atoms with Crippen LogP contribution in [0, 0.1) is 0 Å². The van der Waals surface area contributed by atoms with Gasteiger partial charge in [0.25, 0.3) is 5.91 Å². The first-order valence-electron chi connectivity index (χ1n) is 11.3. The second-order valence-corrected chi connectivity index (χ2v) is 8.48. The number of para-hydroxylation sites is 2. The number of allylic oxidation sites excluding steroid dienone is 1. The highest BCUT2D eigenvalue weighted by atomic mass is 16.5. The van der Waals surface area contributed by atoms with Crippen molar-refractivity contribution in [2.75, 3.05) is 13.2 Å². The molecule has 6 heteroatoms. The maximum absolute atomic E-state index is 13.4. The van der Waals surface area contributed by atoms with E-state index in [4.69, 9.17) is 4.74 Å². The van der Waals surface area contributed by atoms with Gasteiger partial charge in [0.15, 0.2) is 0 Å². The van der Waals surface area contributed by atoms with Crippen LogP contribution < -0.4 is 5.32 Å². The summed E-state index contributed by atoms with van der Waals surface area (Å²) in [4.78, 5) is 25.3. The molecule has 0 saturated carbocycles. The number of nitrogens with zero attached hydrogens (tertiary/aromatic N) is 2. The summed E-state index contributed by atoms with van der Waals surface area (Å²) in [6, 6.07) is 16.3. The number of aryl methyl sites for hydroxylation is 1. The molecular formula is C27H27N3O3. The van der Waals surface area contributed by atoms with Crippen LogP contribution in [0.25, 0.3) is 33.0 Å². The van der Waals surface area contributed by atoms with Crippen LogP contribution in [0.15, 0.2) is 60.9 Å². The van der Waals surface area contributed by atoms with Crippen LogP contribution in [0.3, 0.4) is 0 Å². The van der Waals surface area contributed by atoms with E-state index in [1.54, 1.807) is 0 Å². The van der Waals surface area contributed by atoms with E-state index in [1.807, 2.05) is 43.5 Å². The van der Waals surface area contributed by atoms with Gasteiger partial charge in [-0.3, -0.25) is 14.9 Å². The molecule has 1 aliphatic rings. The SMILES string of the molecule is CC(=O)NC(=O)/C1=C(\C)c2cn(c3ccccc23)CCCOCCn2cc1c1ccccc12. The van der Waals surface area contributed by atoms with Gasteiger partial charge in [-0.2, -0.15) is 0 Å². The number of nitrogens with one attached hydrogen (secondary N) is 1. The van der Waals surface area contributed by atoms with E-state index in [0.29, 0.717) is 25.3 Å². The largest absolute Gasteiger partial charge is 0.380 e. The zero-order valence-corrected chi connectivity index (χ0v) is 18.9. The molecule has 0 aliphatic carbocycles. The number of carbonyl (C=O) groups excluding carboxylic acids is 2. The highest BCUT2D eigenvalue weighted by Crippen LogP contribution is 2.36. The Kier molecular flexibility index (Phi) is 5.60. The molecule has 1 N–H and O–H groups in total. The lowest BCUT2D eigenvalue weighted by molar-refractivity contribution is -0.126. The number of imide groups is 1. The number of aromatic nitrogens is 2. The fraction of sp³-hybridized carbons (Fsp3) is 0.259. The lowest BCUT2D eigenvalue weighted by Gasteiger charge is -2.12. The van der Waals surface area contributed by atoms with Gasteiger partial charge in [-0.15, -0.1) is 0 Å². The lowest BCUT2D eigenvalue weighted by atomic mass is 9.94. The fourth-order valence-corrected chi connectivity index (χ4v) is 4.82. The molecule has 6 nitrogen and oxygen atoms in total. The van der Waals surface area contributed by atoms with Gasteiger partial charge in [-0.05, 0) is 31.1 Å². The normalized spacial score (nSPS) is 17.2. The average Bonchev–Trinajstić information content (AvgIpc) is 3.34. The molecule has 0 radical (unpaired) electrons. The molecule has 0 unspecified atom stereocenters.